The molecular formula is C18H23N3O2S. The van der Waals surface area contributed by atoms with E-state index >= 15 is 0 Å². The molecule has 1 aliphatic rings. The maximum absolute atomic E-state index is 12.4. The summed E-state index contributed by atoms with van der Waals surface area (Å²) in [5, 5.41) is 0. The normalized spacial score (nSPS) is 19.2. The minimum absolute atomic E-state index is 0.0240. The Kier molecular flexibility index (Phi) is 5.60. The lowest BCUT2D eigenvalue weighted by Gasteiger charge is -2.32. The fourth-order valence-electron chi connectivity index (χ4n) is 3.13. The molecule has 1 fully saturated rings. The van der Waals surface area contributed by atoms with E-state index in [0.717, 1.165) is 43.6 Å². The zero-order chi connectivity index (χ0) is 16.8. The Morgan fingerprint density at radius 1 is 1.12 bits per heavy atom. The van der Waals surface area contributed by atoms with Crippen LogP contribution in [0, 0.1) is 0 Å². The van der Waals surface area contributed by atoms with Crippen molar-refractivity contribution in [3.8, 4) is 0 Å². The number of nitrogens with one attached hydrogen (secondary N) is 1. The van der Waals surface area contributed by atoms with E-state index in [4.69, 9.17) is 0 Å². The highest BCUT2D eigenvalue weighted by Crippen LogP contribution is 2.15. The van der Waals surface area contributed by atoms with Crippen LogP contribution >= 0.6 is 0 Å². The molecule has 0 unspecified atom stereocenters. The minimum Gasteiger partial charge on any atom is -0.297 e. The fraction of sp³-hybridized carbons (Fsp3) is 0.389. The smallest absolute Gasteiger partial charge is 0.216 e. The largest absolute Gasteiger partial charge is 0.297 e. The molecule has 1 atom stereocenters. The standard InChI is InChI=1S/C18H23N3O2S/c22-24(23,15-16-6-2-1-3-7-16)20-18-9-5-11-21(14-18)13-17-8-4-10-19-12-17/h1-4,6-8,10,12,18,20H,5,9,11,13-15H2/t18-/m0/s1. The van der Waals surface area contributed by atoms with Gasteiger partial charge in [-0.1, -0.05) is 36.4 Å². The molecule has 0 aliphatic carbocycles. The highest BCUT2D eigenvalue weighted by molar-refractivity contribution is 7.88. The Labute approximate surface area is 143 Å². The summed E-state index contributed by atoms with van der Waals surface area (Å²) in [4.78, 5) is 6.43. The quantitative estimate of drug-likeness (QED) is 0.871. The molecule has 128 valence electrons. The topological polar surface area (TPSA) is 62.3 Å². The second kappa shape index (κ2) is 7.88. The zero-order valence-corrected chi connectivity index (χ0v) is 14.5. The summed E-state index contributed by atoms with van der Waals surface area (Å²) < 4.78 is 27.7. The average molecular weight is 345 g/mol. The molecule has 1 aromatic carbocycles. The van der Waals surface area contributed by atoms with Crippen molar-refractivity contribution in [1.29, 1.82) is 0 Å². The van der Waals surface area contributed by atoms with Crippen LogP contribution in [0.15, 0.2) is 54.9 Å². The van der Waals surface area contributed by atoms with Gasteiger partial charge in [-0.2, -0.15) is 0 Å². The molecule has 0 spiro atoms. The van der Waals surface area contributed by atoms with Crippen molar-refractivity contribution in [3.05, 3.63) is 66.0 Å². The molecule has 1 aromatic heterocycles. The first-order valence-corrected chi connectivity index (χ1v) is 9.91. The summed E-state index contributed by atoms with van der Waals surface area (Å²) in [6.45, 7) is 2.54. The Bertz CT molecular complexity index is 735. The monoisotopic (exact) mass is 345 g/mol. The van der Waals surface area contributed by atoms with Crippen molar-refractivity contribution < 1.29 is 8.42 Å². The number of benzene rings is 1. The van der Waals surface area contributed by atoms with E-state index in [0.29, 0.717) is 0 Å². The third-order valence-electron chi connectivity index (χ3n) is 4.18. The van der Waals surface area contributed by atoms with Gasteiger partial charge in [-0.25, -0.2) is 13.1 Å². The number of hydrogen-bond donors (Lipinski definition) is 1. The summed E-state index contributed by atoms with van der Waals surface area (Å²) in [6.07, 6.45) is 5.51. The van der Waals surface area contributed by atoms with Crippen molar-refractivity contribution in [2.75, 3.05) is 13.1 Å². The minimum atomic E-state index is -3.32. The zero-order valence-electron chi connectivity index (χ0n) is 13.6. The molecule has 0 bridgehead atoms. The van der Waals surface area contributed by atoms with Crippen LogP contribution in [0.25, 0.3) is 0 Å². The van der Waals surface area contributed by atoms with Crippen molar-refractivity contribution in [2.24, 2.45) is 0 Å². The van der Waals surface area contributed by atoms with Gasteiger partial charge < -0.3 is 0 Å². The molecule has 2 aromatic rings. The number of likely N-dealkylation sites (tertiary alicyclic amines) is 1. The predicted octanol–water partition coefficient (Wildman–Crippen LogP) is 2.17. The maximum Gasteiger partial charge on any atom is 0.216 e. The van der Waals surface area contributed by atoms with Crippen molar-refractivity contribution >= 4 is 10.0 Å². The highest BCUT2D eigenvalue weighted by Gasteiger charge is 2.24. The van der Waals surface area contributed by atoms with Gasteiger partial charge in [0.05, 0.1) is 5.75 Å². The molecule has 24 heavy (non-hydrogen) atoms. The molecule has 1 N–H and O–H groups in total. The van der Waals surface area contributed by atoms with Crippen LogP contribution in [-0.2, 0) is 22.3 Å². The summed E-state index contributed by atoms with van der Waals surface area (Å²) in [6, 6.07) is 13.3. The number of sulfonamides is 1. The Hall–Kier alpha value is -1.76. The van der Waals surface area contributed by atoms with Gasteiger partial charge in [0.15, 0.2) is 0 Å². The van der Waals surface area contributed by atoms with E-state index in [1.54, 1.807) is 6.20 Å². The Morgan fingerprint density at radius 2 is 1.92 bits per heavy atom. The number of piperidine rings is 1. The first-order valence-electron chi connectivity index (χ1n) is 8.26. The summed E-state index contributed by atoms with van der Waals surface area (Å²) in [5.41, 5.74) is 1.97. The van der Waals surface area contributed by atoms with Gasteiger partial charge >= 0.3 is 0 Å². The van der Waals surface area contributed by atoms with E-state index in [9.17, 15) is 8.42 Å². The van der Waals surface area contributed by atoms with E-state index in [1.807, 2.05) is 42.6 Å². The maximum atomic E-state index is 12.4. The Morgan fingerprint density at radius 3 is 2.67 bits per heavy atom. The third-order valence-corrected chi connectivity index (χ3v) is 5.59. The number of rotatable bonds is 6. The molecule has 1 saturated heterocycles. The molecule has 0 saturated carbocycles. The van der Waals surface area contributed by atoms with E-state index in [-0.39, 0.29) is 11.8 Å². The molecule has 1 aliphatic heterocycles. The highest BCUT2D eigenvalue weighted by atomic mass is 32.2. The van der Waals surface area contributed by atoms with E-state index in [1.165, 1.54) is 0 Å². The second-order valence-electron chi connectivity index (χ2n) is 6.30. The summed E-state index contributed by atoms with van der Waals surface area (Å²) in [7, 11) is -3.32. The SMILES string of the molecule is O=S(=O)(Cc1ccccc1)N[C@H]1CCCN(Cc2cccnc2)C1. The predicted molar refractivity (Wildman–Crippen MR) is 94.7 cm³/mol. The number of nitrogens with zero attached hydrogens (tertiary/aromatic N) is 2. The van der Waals surface area contributed by atoms with Crippen LogP contribution < -0.4 is 4.72 Å². The average Bonchev–Trinajstić information content (AvgIpc) is 2.56. The van der Waals surface area contributed by atoms with Gasteiger partial charge in [0, 0.05) is 31.5 Å². The van der Waals surface area contributed by atoms with Gasteiger partial charge in [0.25, 0.3) is 0 Å². The summed E-state index contributed by atoms with van der Waals surface area (Å²) >= 11 is 0. The van der Waals surface area contributed by atoms with Crippen LogP contribution in [0.2, 0.25) is 0 Å². The van der Waals surface area contributed by atoms with Gasteiger partial charge in [-0.3, -0.25) is 9.88 Å². The van der Waals surface area contributed by atoms with Crippen LogP contribution in [0.3, 0.4) is 0 Å². The second-order valence-corrected chi connectivity index (χ2v) is 8.05. The van der Waals surface area contributed by atoms with Crippen LogP contribution in [0.4, 0.5) is 0 Å². The fourth-order valence-corrected chi connectivity index (χ4v) is 4.55. The van der Waals surface area contributed by atoms with Gasteiger partial charge in [-0.05, 0) is 36.6 Å². The molecule has 2 heterocycles. The van der Waals surface area contributed by atoms with Crippen LogP contribution in [0.5, 0.6) is 0 Å². The molecule has 0 amide bonds. The van der Waals surface area contributed by atoms with Gasteiger partial charge in [-0.15, -0.1) is 0 Å². The van der Waals surface area contributed by atoms with Crippen LogP contribution in [0.1, 0.15) is 24.0 Å². The first kappa shape index (κ1) is 17.1. The molecule has 0 radical (unpaired) electrons. The van der Waals surface area contributed by atoms with Crippen molar-refractivity contribution in [2.45, 2.75) is 31.2 Å². The van der Waals surface area contributed by atoms with Crippen molar-refractivity contribution in [3.63, 3.8) is 0 Å². The van der Waals surface area contributed by atoms with Gasteiger partial charge in [0.2, 0.25) is 10.0 Å². The van der Waals surface area contributed by atoms with Gasteiger partial charge in [0.1, 0.15) is 0 Å². The third kappa shape index (κ3) is 5.12. The molecular weight excluding hydrogens is 322 g/mol. The number of hydrogen-bond acceptors (Lipinski definition) is 4. The summed E-state index contributed by atoms with van der Waals surface area (Å²) in [5.74, 6) is 0.0347. The first-order chi connectivity index (χ1) is 11.6. The lowest BCUT2D eigenvalue weighted by atomic mass is 10.1. The van der Waals surface area contributed by atoms with Crippen molar-refractivity contribution in [1.82, 2.24) is 14.6 Å². The molecule has 6 heteroatoms. The Balaban J connectivity index is 1.56. The van der Waals surface area contributed by atoms with Crippen LogP contribution in [-0.4, -0.2) is 37.4 Å². The number of pyridine rings is 1. The van der Waals surface area contributed by atoms with E-state index in [2.05, 4.69) is 20.7 Å². The van der Waals surface area contributed by atoms with E-state index < -0.39 is 10.0 Å². The lowest BCUT2D eigenvalue weighted by Crippen LogP contribution is -2.47. The molecule has 5 nitrogen and oxygen atoms in total. The lowest BCUT2D eigenvalue weighted by molar-refractivity contribution is 0.194. The number of aromatic nitrogens is 1. The molecule has 3 rings (SSSR count).